The molecule has 0 spiro atoms. The first kappa shape index (κ1) is 17.1. The lowest BCUT2D eigenvalue weighted by Gasteiger charge is -2.34. The van der Waals surface area contributed by atoms with E-state index >= 15 is 0 Å². The number of likely N-dealkylation sites (tertiary alicyclic amines) is 1. The third kappa shape index (κ3) is 2.99. The summed E-state index contributed by atoms with van der Waals surface area (Å²) in [5.74, 6) is 2.03. The normalized spacial score (nSPS) is 20.7. The number of amides is 1. The molecule has 2 fully saturated rings. The molecular formula is C22H23N5O. The number of benzene rings is 1. The fourth-order valence-corrected chi connectivity index (χ4v) is 4.28. The van der Waals surface area contributed by atoms with Gasteiger partial charge in [-0.1, -0.05) is 30.3 Å². The zero-order valence-electron chi connectivity index (χ0n) is 15.7. The summed E-state index contributed by atoms with van der Waals surface area (Å²) in [5, 5.41) is 7.47. The Bertz CT molecular complexity index is 965. The van der Waals surface area contributed by atoms with Crippen LogP contribution in [-0.4, -0.2) is 44.1 Å². The van der Waals surface area contributed by atoms with Crippen molar-refractivity contribution in [3.63, 3.8) is 0 Å². The number of nitrogens with one attached hydrogen (secondary N) is 1. The van der Waals surface area contributed by atoms with Crippen LogP contribution in [0.4, 0.5) is 0 Å². The molecule has 0 radical (unpaired) electrons. The van der Waals surface area contributed by atoms with E-state index in [-0.39, 0.29) is 17.2 Å². The lowest BCUT2D eigenvalue weighted by Crippen LogP contribution is -2.44. The number of aromatic amines is 1. The van der Waals surface area contributed by atoms with Crippen molar-refractivity contribution in [2.24, 2.45) is 0 Å². The van der Waals surface area contributed by atoms with Crippen molar-refractivity contribution in [1.82, 2.24) is 25.1 Å². The monoisotopic (exact) mass is 373 g/mol. The van der Waals surface area contributed by atoms with E-state index in [0.29, 0.717) is 12.4 Å². The van der Waals surface area contributed by atoms with E-state index in [1.807, 2.05) is 35.2 Å². The lowest BCUT2D eigenvalue weighted by molar-refractivity contribution is -0.135. The Labute approximate surface area is 164 Å². The smallest absolute Gasteiger partial charge is 0.233 e. The van der Waals surface area contributed by atoms with Gasteiger partial charge in [-0.25, -0.2) is 4.98 Å². The van der Waals surface area contributed by atoms with E-state index in [4.69, 9.17) is 4.98 Å². The average Bonchev–Trinajstić information content (AvgIpc) is 3.44. The molecule has 1 amide bonds. The van der Waals surface area contributed by atoms with Crippen molar-refractivity contribution in [3.8, 4) is 11.4 Å². The zero-order chi connectivity index (χ0) is 19.0. The highest BCUT2D eigenvalue weighted by Gasteiger charge is 2.53. The SMILES string of the molecule is O=C(N1CCC[C@H](c2nc(-c3ccncc3)n[nH]2)C1)C1(c2ccccc2)CC1. The van der Waals surface area contributed by atoms with Gasteiger partial charge in [0, 0.05) is 37.0 Å². The number of piperidine rings is 1. The van der Waals surface area contributed by atoms with E-state index in [0.717, 1.165) is 49.2 Å². The molecule has 0 bridgehead atoms. The van der Waals surface area contributed by atoms with Gasteiger partial charge in [0.25, 0.3) is 0 Å². The molecule has 6 heteroatoms. The third-order valence-electron chi connectivity index (χ3n) is 6.02. The predicted octanol–water partition coefficient (Wildman–Crippen LogP) is 3.30. The molecule has 3 aromatic rings. The van der Waals surface area contributed by atoms with Crippen LogP contribution in [0.5, 0.6) is 0 Å². The van der Waals surface area contributed by atoms with Gasteiger partial charge in [-0.15, -0.1) is 0 Å². The number of H-pyrrole nitrogens is 1. The van der Waals surface area contributed by atoms with Crippen molar-refractivity contribution >= 4 is 5.91 Å². The van der Waals surface area contributed by atoms with Gasteiger partial charge < -0.3 is 4.90 Å². The molecule has 6 nitrogen and oxygen atoms in total. The molecule has 2 aromatic heterocycles. The molecule has 1 aromatic carbocycles. The average molecular weight is 373 g/mol. The van der Waals surface area contributed by atoms with Gasteiger partial charge in [-0.3, -0.25) is 14.9 Å². The Morgan fingerprint density at radius 2 is 1.89 bits per heavy atom. The molecule has 1 saturated carbocycles. The summed E-state index contributed by atoms with van der Waals surface area (Å²) in [4.78, 5) is 24.1. The molecule has 1 N–H and O–H groups in total. The van der Waals surface area contributed by atoms with Crippen LogP contribution < -0.4 is 0 Å². The van der Waals surface area contributed by atoms with E-state index < -0.39 is 0 Å². The minimum atomic E-state index is -0.299. The molecule has 5 rings (SSSR count). The number of carbonyl (C=O) groups is 1. The summed E-state index contributed by atoms with van der Waals surface area (Å²) >= 11 is 0. The van der Waals surface area contributed by atoms with Gasteiger partial charge in [0.2, 0.25) is 5.91 Å². The van der Waals surface area contributed by atoms with Crippen LogP contribution in [0.3, 0.4) is 0 Å². The summed E-state index contributed by atoms with van der Waals surface area (Å²) in [6, 6.07) is 14.0. The molecule has 1 aliphatic heterocycles. The summed E-state index contributed by atoms with van der Waals surface area (Å²) in [7, 11) is 0. The molecule has 1 aliphatic carbocycles. The summed E-state index contributed by atoms with van der Waals surface area (Å²) in [6.45, 7) is 1.54. The number of rotatable bonds is 4. The van der Waals surface area contributed by atoms with Gasteiger partial charge >= 0.3 is 0 Å². The number of aromatic nitrogens is 4. The molecule has 1 saturated heterocycles. The topological polar surface area (TPSA) is 74.8 Å². The van der Waals surface area contributed by atoms with Crippen molar-refractivity contribution < 1.29 is 4.79 Å². The molecular weight excluding hydrogens is 350 g/mol. The van der Waals surface area contributed by atoms with Crippen LogP contribution in [0.2, 0.25) is 0 Å². The van der Waals surface area contributed by atoms with Gasteiger partial charge in [0.15, 0.2) is 5.82 Å². The lowest BCUT2D eigenvalue weighted by atomic mass is 9.91. The highest BCUT2D eigenvalue weighted by molar-refractivity contribution is 5.91. The quantitative estimate of drug-likeness (QED) is 0.761. The number of hydrogen-bond acceptors (Lipinski definition) is 4. The van der Waals surface area contributed by atoms with Crippen molar-refractivity contribution in [2.75, 3.05) is 13.1 Å². The highest BCUT2D eigenvalue weighted by Crippen LogP contribution is 2.50. The van der Waals surface area contributed by atoms with Crippen LogP contribution in [0, 0.1) is 0 Å². The summed E-state index contributed by atoms with van der Waals surface area (Å²) in [5.41, 5.74) is 1.80. The standard InChI is InChI=1S/C22H23N5O/c28-21(22(10-11-22)18-6-2-1-3-7-18)27-14-4-5-17(15-27)20-24-19(25-26-20)16-8-12-23-13-9-16/h1-3,6-9,12-13,17H,4-5,10-11,14-15H2,(H,24,25,26)/t17-/m0/s1. The van der Waals surface area contributed by atoms with E-state index in [9.17, 15) is 4.79 Å². The van der Waals surface area contributed by atoms with Crippen LogP contribution in [0.1, 0.15) is 43.0 Å². The first-order valence-electron chi connectivity index (χ1n) is 9.94. The number of carbonyl (C=O) groups excluding carboxylic acids is 1. The number of hydrogen-bond donors (Lipinski definition) is 1. The molecule has 1 atom stereocenters. The van der Waals surface area contributed by atoms with Crippen molar-refractivity contribution in [3.05, 3.63) is 66.2 Å². The highest BCUT2D eigenvalue weighted by atomic mass is 16.2. The predicted molar refractivity (Wildman–Crippen MR) is 106 cm³/mol. The Hall–Kier alpha value is -3.02. The maximum Gasteiger partial charge on any atom is 0.233 e. The fourth-order valence-electron chi connectivity index (χ4n) is 4.28. The van der Waals surface area contributed by atoms with E-state index in [1.165, 1.54) is 0 Å². The number of nitrogens with zero attached hydrogens (tertiary/aromatic N) is 4. The largest absolute Gasteiger partial charge is 0.341 e. The third-order valence-corrected chi connectivity index (χ3v) is 6.02. The molecule has 2 aliphatic rings. The Kier molecular flexibility index (Phi) is 4.19. The minimum Gasteiger partial charge on any atom is -0.341 e. The summed E-state index contributed by atoms with van der Waals surface area (Å²) in [6.07, 6.45) is 7.40. The zero-order valence-corrected chi connectivity index (χ0v) is 15.7. The van der Waals surface area contributed by atoms with Gasteiger partial charge in [0.05, 0.1) is 5.41 Å². The molecule has 3 heterocycles. The first-order valence-corrected chi connectivity index (χ1v) is 9.94. The van der Waals surface area contributed by atoms with E-state index in [1.54, 1.807) is 12.4 Å². The maximum atomic E-state index is 13.4. The van der Waals surface area contributed by atoms with Crippen LogP contribution >= 0.6 is 0 Å². The molecule has 142 valence electrons. The second-order valence-corrected chi connectivity index (χ2v) is 7.82. The molecule has 0 unspecified atom stereocenters. The van der Waals surface area contributed by atoms with Crippen LogP contribution in [0.25, 0.3) is 11.4 Å². The number of pyridine rings is 1. The summed E-state index contributed by atoms with van der Waals surface area (Å²) < 4.78 is 0. The van der Waals surface area contributed by atoms with Gasteiger partial charge in [-0.05, 0) is 43.4 Å². The van der Waals surface area contributed by atoms with Gasteiger partial charge in [0.1, 0.15) is 5.82 Å². The Morgan fingerprint density at radius 3 is 2.64 bits per heavy atom. The maximum absolute atomic E-state index is 13.4. The van der Waals surface area contributed by atoms with Crippen molar-refractivity contribution in [2.45, 2.75) is 37.0 Å². The Morgan fingerprint density at radius 1 is 1.11 bits per heavy atom. The van der Waals surface area contributed by atoms with E-state index in [2.05, 4.69) is 27.3 Å². The van der Waals surface area contributed by atoms with Crippen molar-refractivity contribution in [1.29, 1.82) is 0 Å². The second-order valence-electron chi connectivity index (χ2n) is 7.82. The second kappa shape index (κ2) is 6.86. The minimum absolute atomic E-state index is 0.201. The fraction of sp³-hybridized carbons (Fsp3) is 0.364. The van der Waals surface area contributed by atoms with Crippen LogP contribution in [0.15, 0.2) is 54.9 Å². The molecule has 28 heavy (non-hydrogen) atoms. The van der Waals surface area contributed by atoms with Gasteiger partial charge in [-0.2, -0.15) is 5.10 Å². The Balaban J connectivity index is 1.33. The first-order chi connectivity index (χ1) is 13.8. The van der Waals surface area contributed by atoms with Crippen LogP contribution in [-0.2, 0) is 10.2 Å².